The van der Waals surface area contributed by atoms with E-state index in [2.05, 4.69) is 9.47 Å². The fraction of sp³-hybridized carbons (Fsp3) is 0.263. The molecule has 0 amide bonds. The number of esters is 2. The predicted molar refractivity (Wildman–Crippen MR) is 94.3 cm³/mol. The van der Waals surface area contributed by atoms with E-state index in [0.717, 1.165) is 31.3 Å². The molecule has 0 radical (unpaired) electrons. The largest absolute Gasteiger partial charge is 0.465 e. The Bertz CT molecular complexity index is 930. The minimum Gasteiger partial charge on any atom is -0.465 e. The van der Waals surface area contributed by atoms with Gasteiger partial charge in [0, 0.05) is 17.5 Å². The van der Waals surface area contributed by atoms with Gasteiger partial charge in [0.15, 0.2) is 0 Å². The molecule has 12 heteroatoms. The van der Waals surface area contributed by atoms with Crippen molar-refractivity contribution in [3.05, 3.63) is 65.5 Å². The standard InChI is InChI=1S/C19H15F6NO5/c1-30-15(27)13-5-3-4-10-26(14(13)16(28)31-2)12-8-6-11(7-9-12)17(29,18(20,21)22)19(23,24)25/h3-10,29H,1-2H3. The number of halogens is 6. The number of methoxy groups -OCH3 is 2. The van der Waals surface area contributed by atoms with Gasteiger partial charge >= 0.3 is 24.3 Å². The predicted octanol–water partition coefficient (Wildman–Crippen LogP) is 3.49. The van der Waals surface area contributed by atoms with Gasteiger partial charge in [0.05, 0.1) is 19.8 Å². The summed E-state index contributed by atoms with van der Waals surface area (Å²) in [5.41, 5.74) is -7.35. The lowest BCUT2D eigenvalue weighted by atomic mass is 9.92. The molecule has 0 aromatic heterocycles. The van der Waals surface area contributed by atoms with Crippen molar-refractivity contribution in [2.75, 3.05) is 19.1 Å². The molecule has 0 unspecified atom stereocenters. The second-order valence-corrected chi connectivity index (χ2v) is 6.07. The monoisotopic (exact) mass is 451 g/mol. The highest BCUT2D eigenvalue weighted by molar-refractivity contribution is 6.05. The smallest absolute Gasteiger partial charge is 0.430 e. The highest BCUT2D eigenvalue weighted by Gasteiger charge is 2.71. The van der Waals surface area contributed by atoms with Gasteiger partial charge in [-0.3, -0.25) is 0 Å². The van der Waals surface area contributed by atoms with Gasteiger partial charge in [-0.25, -0.2) is 9.59 Å². The number of hydrogen-bond acceptors (Lipinski definition) is 6. The lowest BCUT2D eigenvalue weighted by molar-refractivity contribution is -0.376. The van der Waals surface area contributed by atoms with E-state index in [4.69, 9.17) is 0 Å². The first-order valence-electron chi connectivity index (χ1n) is 8.31. The molecule has 0 spiro atoms. The summed E-state index contributed by atoms with van der Waals surface area (Å²) in [7, 11) is 2.06. The van der Waals surface area contributed by atoms with Gasteiger partial charge in [-0.1, -0.05) is 18.2 Å². The zero-order valence-corrected chi connectivity index (χ0v) is 15.9. The van der Waals surface area contributed by atoms with E-state index in [9.17, 15) is 41.0 Å². The Labute approximate surface area is 171 Å². The maximum absolute atomic E-state index is 13.1. The number of rotatable bonds is 4. The van der Waals surface area contributed by atoms with Gasteiger partial charge < -0.3 is 19.5 Å². The van der Waals surface area contributed by atoms with Crippen LogP contribution in [0.1, 0.15) is 5.56 Å². The number of carbonyl (C=O) groups is 2. The molecule has 0 aliphatic carbocycles. The first kappa shape index (κ1) is 24.0. The van der Waals surface area contributed by atoms with E-state index in [0.29, 0.717) is 12.1 Å². The van der Waals surface area contributed by atoms with Crippen LogP contribution in [0.4, 0.5) is 32.0 Å². The molecule has 1 aromatic rings. The van der Waals surface area contributed by atoms with Crippen molar-refractivity contribution in [1.82, 2.24) is 0 Å². The molecule has 0 fully saturated rings. The van der Waals surface area contributed by atoms with Crippen LogP contribution in [0.15, 0.2) is 60.0 Å². The molecule has 1 aliphatic heterocycles. The van der Waals surface area contributed by atoms with Gasteiger partial charge in [0.2, 0.25) is 0 Å². The van der Waals surface area contributed by atoms with Crippen molar-refractivity contribution >= 4 is 17.6 Å². The van der Waals surface area contributed by atoms with E-state index < -0.39 is 41.2 Å². The number of anilines is 1. The van der Waals surface area contributed by atoms with Gasteiger partial charge in [-0.05, 0) is 24.3 Å². The van der Waals surface area contributed by atoms with Gasteiger partial charge in [-0.2, -0.15) is 26.3 Å². The Hall–Kier alpha value is -3.28. The molecule has 1 aliphatic rings. The summed E-state index contributed by atoms with van der Waals surface area (Å²) in [6.45, 7) is 0. The van der Waals surface area contributed by atoms with E-state index >= 15 is 0 Å². The Morgan fingerprint density at radius 1 is 0.871 bits per heavy atom. The molecule has 6 nitrogen and oxygen atoms in total. The third kappa shape index (κ3) is 4.29. The van der Waals surface area contributed by atoms with Crippen LogP contribution in [-0.2, 0) is 24.7 Å². The summed E-state index contributed by atoms with van der Waals surface area (Å²) >= 11 is 0. The van der Waals surface area contributed by atoms with Crippen molar-refractivity contribution < 1.29 is 50.5 Å². The Morgan fingerprint density at radius 3 is 1.84 bits per heavy atom. The van der Waals surface area contributed by atoms with Crippen LogP contribution in [0, 0.1) is 0 Å². The molecule has 1 N–H and O–H groups in total. The van der Waals surface area contributed by atoms with E-state index in [1.807, 2.05) is 0 Å². The van der Waals surface area contributed by atoms with Gasteiger partial charge in [0.25, 0.3) is 5.60 Å². The number of hydrogen-bond donors (Lipinski definition) is 1. The number of ether oxygens (including phenoxy) is 2. The lowest BCUT2D eigenvalue weighted by Crippen LogP contribution is -2.53. The van der Waals surface area contributed by atoms with Crippen LogP contribution in [0.25, 0.3) is 0 Å². The molecule has 0 saturated heterocycles. The Morgan fingerprint density at radius 2 is 1.39 bits per heavy atom. The molecule has 2 rings (SSSR count). The average Bonchev–Trinajstić information content (AvgIpc) is 2.93. The summed E-state index contributed by atoms with van der Waals surface area (Å²) < 4.78 is 87.6. The second kappa shape index (κ2) is 8.46. The summed E-state index contributed by atoms with van der Waals surface area (Å²) in [6, 6.07) is 2.45. The highest BCUT2D eigenvalue weighted by Crippen LogP contribution is 2.50. The molecule has 0 saturated carbocycles. The van der Waals surface area contributed by atoms with Crippen molar-refractivity contribution in [3.8, 4) is 0 Å². The van der Waals surface area contributed by atoms with Crippen LogP contribution in [0.3, 0.4) is 0 Å². The Kier molecular flexibility index (Phi) is 6.54. The third-order valence-electron chi connectivity index (χ3n) is 4.27. The molecule has 1 aromatic carbocycles. The van der Waals surface area contributed by atoms with Crippen LogP contribution >= 0.6 is 0 Å². The van der Waals surface area contributed by atoms with Gasteiger partial charge in [0.1, 0.15) is 5.70 Å². The first-order chi connectivity index (χ1) is 14.3. The molecule has 31 heavy (non-hydrogen) atoms. The fourth-order valence-electron chi connectivity index (χ4n) is 2.72. The lowest BCUT2D eigenvalue weighted by Gasteiger charge is -2.33. The van der Waals surface area contributed by atoms with E-state index in [1.54, 1.807) is 0 Å². The van der Waals surface area contributed by atoms with E-state index in [1.165, 1.54) is 24.4 Å². The molecule has 1 heterocycles. The molecule has 0 bridgehead atoms. The number of benzene rings is 1. The number of alkyl halides is 6. The number of aliphatic hydroxyl groups is 1. The maximum atomic E-state index is 13.1. The minimum absolute atomic E-state index is 0.0998. The molecular weight excluding hydrogens is 436 g/mol. The highest BCUT2D eigenvalue weighted by atomic mass is 19.4. The fourth-order valence-corrected chi connectivity index (χ4v) is 2.72. The van der Waals surface area contributed by atoms with E-state index in [-0.39, 0.29) is 11.3 Å². The maximum Gasteiger partial charge on any atom is 0.430 e. The summed E-state index contributed by atoms with van der Waals surface area (Å²) in [5.74, 6) is -1.96. The van der Waals surface area contributed by atoms with Crippen molar-refractivity contribution in [3.63, 3.8) is 0 Å². The molecular formula is C19H15F6NO5. The van der Waals surface area contributed by atoms with Crippen LogP contribution < -0.4 is 4.90 Å². The van der Waals surface area contributed by atoms with Crippen molar-refractivity contribution in [2.45, 2.75) is 18.0 Å². The number of allylic oxidation sites excluding steroid dienone is 2. The Balaban J connectivity index is 2.63. The van der Waals surface area contributed by atoms with Crippen LogP contribution in [0.2, 0.25) is 0 Å². The quantitative estimate of drug-likeness (QED) is 0.558. The zero-order valence-electron chi connectivity index (χ0n) is 15.9. The van der Waals surface area contributed by atoms with Crippen molar-refractivity contribution in [2.24, 2.45) is 0 Å². The summed E-state index contributed by atoms with van der Waals surface area (Å²) in [4.78, 5) is 25.4. The topological polar surface area (TPSA) is 76.1 Å². The third-order valence-corrected chi connectivity index (χ3v) is 4.27. The normalized spacial score (nSPS) is 15.1. The van der Waals surface area contributed by atoms with Crippen molar-refractivity contribution in [1.29, 1.82) is 0 Å². The summed E-state index contributed by atoms with van der Waals surface area (Å²) in [5, 5.41) is 9.49. The molecule has 168 valence electrons. The van der Waals surface area contributed by atoms with Crippen LogP contribution in [-0.4, -0.2) is 43.6 Å². The minimum atomic E-state index is -6.05. The summed E-state index contributed by atoms with van der Waals surface area (Å²) in [6.07, 6.45) is -6.94. The number of nitrogens with zero attached hydrogens (tertiary/aromatic N) is 1. The second-order valence-electron chi connectivity index (χ2n) is 6.07. The SMILES string of the molecule is COC(=O)C1=C(C(=O)OC)N(c2ccc(C(O)(C(F)(F)F)C(F)(F)F)cc2)C=CC=C1. The zero-order chi connectivity index (χ0) is 23.6. The first-order valence-corrected chi connectivity index (χ1v) is 8.31. The number of carbonyl (C=O) groups excluding carboxylic acids is 2. The molecule has 0 atom stereocenters. The van der Waals surface area contributed by atoms with Gasteiger partial charge in [-0.15, -0.1) is 0 Å². The van der Waals surface area contributed by atoms with Crippen LogP contribution in [0.5, 0.6) is 0 Å². The average molecular weight is 451 g/mol.